The number of likely N-dealkylation sites (tertiary alicyclic amines) is 1. The first-order valence-corrected chi connectivity index (χ1v) is 11.6. The second-order valence-corrected chi connectivity index (χ2v) is 8.69. The smallest absolute Gasteiger partial charge is 0.427 e. The number of halogens is 3. The summed E-state index contributed by atoms with van der Waals surface area (Å²) in [5.41, 5.74) is 0.0978. The minimum atomic E-state index is -4.78. The van der Waals surface area contributed by atoms with Gasteiger partial charge in [-0.3, -0.25) is 0 Å². The summed E-state index contributed by atoms with van der Waals surface area (Å²) in [6.07, 6.45) is -6.01. The van der Waals surface area contributed by atoms with Gasteiger partial charge >= 0.3 is 18.4 Å². The molecule has 36 heavy (non-hydrogen) atoms. The predicted octanol–water partition coefficient (Wildman–Crippen LogP) is 3.82. The molecule has 0 bridgehead atoms. The first-order valence-electron chi connectivity index (χ1n) is 11.6. The quantitative estimate of drug-likeness (QED) is 0.499. The third-order valence-corrected chi connectivity index (χ3v) is 6.10. The van der Waals surface area contributed by atoms with Crippen LogP contribution < -0.4 is 10.1 Å². The number of rotatable bonds is 9. The fourth-order valence-electron chi connectivity index (χ4n) is 4.12. The Balaban J connectivity index is 1.45. The summed E-state index contributed by atoms with van der Waals surface area (Å²) in [5, 5.41) is 2.71. The first kappa shape index (κ1) is 27.6. The van der Waals surface area contributed by atoms with Crippen LogP contribution in [0.4, 0.5) is 22.8 Å². The standard InChI is InChI=1S/C24H31F3N2O7/c1-3-12-34-21(30)28-18-13-23(35-15-18)8-10-29(11-9-23)22(31)36-20(24(25,26)27)16-33-14-17-4-6-19(32-2)7-5-17/h3-7,18,20H,1,8-16H2,2H3,(H,28,30). The number of hydrogen-bond acceptors (Lipinski definition) is 7. The molecule has 1 spiro atoms. The molecule has 200 valence electrons. The average Bonchev–Trinajstić information content (AvgIpc) is 3.23. The first-order chi connectivity index (χ1) is 17.1. The number of nitrogens with one attached hydrogen (secondary N) is 1. The summed E-state index contributed by atoms with van der Waals surface area (Å²) >= 11 is 0. The number of alkyl carbamates (subject to hydrolysis) is 1. The average molecular weight is 517 g/mol. The third kappa shape index (κ3) is 7.76. The summed E-state index contributed by atoms with van der Waals surface area (Å²) in [7, 11) is 1.51. The SMILES string of the molecule is C=CCOC(=O)NC1COC2(CCN(C(=O)OC(COCc3ccc(OC)cc3)C(F)(F)F)CC2)C1. The van der Waals surface area contributed by atoms with Gasteiger partial charge in [0.2, 0.25) is 6.10 Å². The molecule has 2 fully saturated rings. The Labute approximate surface area is 207 Å². The predicted molar refractivity (Wildman–Crippen MR) is 122 cm³/mol. The van der Waals surface area contributed by atoms with E-state index < -0.39 is 36.7 Å². The van der Waals surface area contributed by atoms with Crippen LogP contribution in [0.5, 0.6) is 5.75 Å². The lowest BCUT2D eigenvalue weighted by atomic mass is 9.87. The Bertz CT molecular complexity index is 887. The fraction of sp³-hybridized carbons (Fsp3) is 0.583. The summed E-state index contributed by atoms with van der Waals surface area (Å²) in [5.74, 6) is 0.616. The number of hydrogen-bond donors (Lipinski definition) is 1. The maximum Gasteiger partial charge on any atom is 0.427 e. The highest BCUT2D eigenvalue weighted by atomic mass is 19.4. The van der Waals surface area contributed by atoms with E-state index in [9.17, 15) is 22.8 Å². The minimum absolute atomic E-state index is 0.0754. The lowest BCUT2D eigenvalue weighted by Gasteiger charge is -2.38. The number of amides is 2. The number of nitrogens with zero attached hydrogens (tertiary/aromatic N) is 1. The highest BCUT2D eigenvalue weighted by Crippen LogP contribution is 2.36. The van der Waals surface area contributed by atoms with Gasteiger partial charge in [-0.25, -0.2) is 9.59 Å². The molecule has 2 atom stereocenters. The summed E-state index contributed by atoms with van der Waals surface area (Å²) in [6.45, 7) is 3.29. The molecule has 2 heterocycles. The number of alkyl halides is 3. The zero-order chi connectivity index (χ0) is 26.2. The van der Waals surface area contributed by atoms with Crippen LogP contribution in [-0.2, 0) is 25.6 Å². The molecular weight excluding hydrogens is 485 g/mol. The van der Waals surface area contributed by atoms with Gasteiger partial charge in [-0.15, -0.1) is 0 Å². The molecule has 0 saturated carbocycles. The Morgan fingerprint density at radius 2 is 1.97 bits per heavy atom. The van der Waals surface area contributed by atoms with Crippen molar-refractivity contribution >= 4 is 12.2 Å². The van der Waals surface area contributed by atoms with E-state index in [0.29, 0.717) is 30.6 Å². The normalized spacial score (nSPS) is 20.0. The highest BCUT2D eigenvalue weighted by molar-refractivity contribution is 5.68. The number of carbonyl (C=O) groups is 2. The van der Waals surface area contributed by atoms with Crippen LogP contribution in [0.2, 0.25) is 0 Å². The van der Waals surface area contributed by atoms with E-state index in [1.807, 2.05) is 0 Å². The largest absolute Gasteiger partial charge is 0.497 e. The van der Waals surface area contributed by atoms with Crippen LogP contribution >= 0.6 is 0 Å². The molecule has 2 aliphatic rings. The van der Waals surface area contributed by atoms with Crippen molar-refractivity contribution in [3.05, 3.63) is 42.5 Å². The molecule has 2 saturated heterocycles. The molecule has 1 aromatic carbocycles. The van der Waals surface area contributed by atoms with Gasteiger partial charge in [-0.1, -0.05) is 24.8 Å². The van der Waals surface area contributed by atoms with Crippen LogP contribution in [0.15, 0.2) is 36.9 Å². The Kier molecular flexibility index (Phi) is 9.43. The molecule has 2 aliphatic heterocycles. The molecule has 1 N–H and O–H groups in total. The topological polar surface area (TPSA) is 95.6 Å². The van der Waals surface area contributed by atoms with Crippen LogP contribution in [0.25, 0.3) is 0 Å². The van der Waals surface area contributed by atoms with Crippen molar-refractivity contribution in [2.75, 3.05) is 40.0 Å². The molecule has 0 aromatic heterocycles. The second-order valence-electron chi connectivity index (χ2n) is 8.69. The summed E-state index contributed by atoms with van der Waals surface area (Å²) in [4.78, 5) is 25.4. The van der Waals surface area contributed by atoms with Gasteiger partial charge in [0, 0.05) is 13.1 Å². The van der Waals surface area contributed by atoms with Crippen molar-refractivity contribution in [1.29, 1.82) is 0 Å². The molecule has 3 rings (SSSR count). The Morgan fingerprint density at radius 3 is 2.58 bits per heavy atom. The van der Waals surface area contributed by atoms with Gasteiger partial charge in [0.05, 0.1) is 38.6 Å². The lowest BCUT2D eigenvalue weighted by Crippen LogP contribution is -2.49. The Hall–Kier alpha value is -2.99. The van der Waals surface area contributed by atoms with Crippen molar-refractivity contribution in [3.63, 3.8) is 0 Å². The molecule has 0 radical (unpaired) electrons. The van der Waals surface area contributed by atoms with E-state index in [4.69, 9.17) is 23.7 Å². The van der Waals surface area contributed by atoms with Crippen LogP contribution in [-0.4, -0.2) is 81.0 Å². The van der Waals surface area contributed by atoms with Crippen molar-refractivity contribution in [1.82, 2.24) is 10.2 Å². The van der Waals surface area contributed by atoms with Crippen molar-refractivity contribution in [3.8, 4) is 5.75 Å². The summed E-state index contributed by atoms with van der Waals surface area (Å²) in [6, 6.07) is 6.44. The van der Waals surface area contributed by atoms with Gasteiger partial charge in [-0.2, -0.15) is 13.2 Å². The molecule has 2 unspecified atom stereocenters. The highest BCUT2D eigenvalue weighted by Gasteiger charge is 2.47. The molecule has 2 amide bonds. The van der Waals surface area contributed by atoms with E-state index >= 15 is 0 Å². The fourth-order valence-corrected chi connectivity index (χ4v) is 4.12. The van der Waals surface area contributed by atoms with Gasteiger partial charge in [0.25, 0.3) is 0 Å². The zero-order valence-electron chi connectivity index (χ0n) is 20.1. The molecule has 9 nitrogen and oxygen atoms in total. The van der Waals surface area contributed by atoms with E-state index in [1.165, 1.54) is 18.1 Å². The monoisotopic (exact) mass is 516 g/mol. The van der Waals surface area contributed by atoms with E-state index in [1.54, 1.807) is 24.3 Å². The van der Waals surface area contributed by atoms with Gasteiger partial charge < -0.3 is 33.9 Å². The molecule has 12 heteroatoms. The Morgan fingerprint density at radius 1 is 1.28 bits per heavy atom. The zero-order valence-corrected chi connectivity index (χ0v) is 20.1. The van der Waals surface area contributed by atoms with Crippen molar-refractivity contribution in [2.45, 2.75) is 49.8 Å². The minimum Gasteiger partial charge on any atom is -0.497 e. The molecule has 1 aromatic rings. The number of methoxy groups -OCH3 is 1. The third-order valence-electron chi connectivity index (χ3n) is 6.10. The van der Waals surface area contributed by atoms with Crippen LogP contribution in [0, 0.1) is 0 Å². The van der Waals surface area contributed by atoms with E-state index in [-0.39, 0.29) is 39.0 Å². The second kappa shape index (κ2) is 12.3. The maximum atomic E-state index is 13.5. The molecule has 0 aliphatic carbocycles. The van der Waals surface area contributed by atoms with Gasteiger partial charge in [0.15, 0.2) is 0 Å². The van der Waals surface area contributed by atoms with E-state index in [2.05, 4.69) is 11.9 Å². The van der Waals surface area contributed by atoms with Crippen molar-refractivity contribution < 1.29 is 46.4 Å². The van der Waals surface area contributed by atoms with E-state index in [0.717, 1.165) is 0 Å². The summed E-state index contributed by atoms with van der Waals surface area (Å²) < 4.78 is 66.2. The molecular formula is C24H31F3N2O7. The number of ether oxygens (including phenoxy) is 5. The number of piperidine rings is 1. The lowest BCUT2D eigenvalue weighted by molar-refractivity contribution is -0.220. The van der Waals surface area contributed by atoms with Crippen molar-refractivity contribution in [2.24, 2.45) is 0 Å². The number of benzene rings is 1. The van der Waals surface area contributed by atoms with Gasteiger partial charge in [0.1, 0.15) is 12.4 Å². The van der Waals surface area contributed by atoms with Crippen LogP contribution in [0.1, 0.15) is 24.8 Å². The van der Waals surface area contributed by atoms with Gasteiger partial charge in [-0.05, 0) is 37.0 Å². The number of carbonyl (C=O) groups excluding carboxylic acids is 2. The van der Waals surface area contributed by atoms with Crippen LogP contribution in [0.3, 0.4) is 0 Å². The maximum absolute atomic E-state index is 13.5.